The van der Waals surface area contributed by atoms with Crippen LogP contribution in [0.3, 0.4) is 0 Å². The van der Waals surface area contributed by atoms with Crippen molar-refractivity contribution < 1.29 is 4.79 Å². The van der Waals surface area contributed by atoms with Crippen molar-refractivity contribution >= 4 is 5.91 Å². The van der Waals surface area contributed by atoms with Gasteiger partial charge >= 0.3 is 0 Å². The van der Waals surface area contributed by atoms with E-state index in [9.17, 15) is 4.79 Å². The molecule has 0 aliphatic carbocycles. The minimum atomic E-state index is -0.0541. The highest BCUT2D eigenvalue weighted by Crippen LogP contribution is 2.06. The summed E-state index contributed by atoms with van der Waals surface area (Å²) in [6.07, 6.45) is 4.16. The first-order valence-electron chi connectivity index (χ1n) is 4.88. The van der Waals surface area contributed by atoms with Gasteiger partial charge in [0.05, 0.1) is 0 Å². The quantitative estimate of drug-likeness (QED) is 0.461. The summed E-state index contributed by atoms with van der Waals surface area (Å²) in [6.45, 7) is 6.88. The predicted octanol–water partition coefficient (Wildman–Crippen LogP) is 1.20. The number of carbonyl (C=O) groups excluding carboxylic acids is 1. The molecule has 0 saturated heterocycles. The standard InChI is InChI=1S/C10H20N2O/c1-3-4-5-6-9(2)10(13)12-8-7-11/h2-8,11H2,1H3,(H,12,13). The molecule has 0 aromatic heterocycles. The Labute approximate surface area is 80.4 Å². The Morgan fingerprint density at radius 3 is 2.69 bits per heavy atom. The second-order valence-electron chi connectivity index (χ2n) is 3.11. The highest BCUT2D eigenvalue weighted by molar-refractivity contribution is 5.92. The minimum Gasteiger partial charge on any atom is -0.351 e. The molecule has 3 nitrogen and oxygen atoms in total. The average Bonchev–Trinajstić information content (AvgIpc) is 2.14. The van der Waals surface area contributed by atoms with Crippen molar-refractivity contribution in [3.63, 3.8) is 0 Å². The lowest BCUT2D eigenvalue weighted by Crippen LogP contribution is -2.29. The van der Waals surface area contributed by atoms with Crippen LogP contribution < -0.4 is 11.1 Å². The molecular weight excluding hydrogens is 164 g/mol. The molecule has 0 saturated carbocycles. The van der Waals surface area contributed by atoms with E-state index < -0.39 is 0 Å². The SMILES string of the molecule is C=C(CCCCC)C(=O)NCCN. The highest BCUT2D eigenvalue weighted by atomic mass is 16.1. The summed E-state index contributed by atoms with van der Waals surface area (Å²) in [6, 6.07) is 0. The molecule has 0 aliphatic rings. The minimum absolute atomic E-state index is 0.0541. The van der Waals surface area contributed by atoms with E-state index in [0.29, 0.717) is 18.7 Å². The fraction of sp³-hybridized carbons (Fsp3) is 0.700. The van der Waals surface area contributed by atoms with Gasteiger partial charge in [-0.2, -0.15) is 0 Å². The first-order chi connectivity index (χ1) is 6.22. The number of rotatable bonds is 7. The molecule has 0 aliphatic heterocycles. The molecule has 1 amide bonds. The van der Waals surface area contributed by atoms with Crippen molar-refractivity contribution in [2.45, 2.75) is 32.6 Å². The normalized spacial score (nSPS) is 9.69. The van der Waals surface area contributed by atoms with Gasteiger partial charge in [-0.05, 0) is 12.8 Å². The van der Waals surface area contributed by atoms with Crippen LogP contribution in [0.4, 0.5) is 0 Å². The van der Waals surface area contributed by atoms with Gasteiger partial charge in [0.2, 0.25) is 5.91 Å². The summed E-state index contributed by atoms with van der Waals surface area (Å²) in [5.41, 5.74) is 5.92. The Morgan fingerprint density at radius 1 is 1.46 bits per heavy atom. The third-order valence-corrected chi connectivity index (χ3v) is 1.83. The largest absolute Gasteiger partial charge is 0.351 e. The zero-order valence-electron chi connectivity index (χ0n) is 8.44. The molecule has 0 radical (unpaired) electrons. The van der Waals surface area contributed by atoms with Gasteiger partial charge in [0.1, 0.15) is 0 Å². The second-order valence-corrected chi connectivity index (χ2v) is 3.11. The van der Waals surface area contributed by atoms with Crippen molar-refractivity contribution in [3.05, 3.63) is 12.2 Å². The first-order valence-corrected chi connectivity index (χ1v) is 4.88. The summed E-state index contributed by atoms with van der Waals surface area (Å²) < 4.78 is 0. The Kier molecular flexibility index (Phi) is 7.30. The van der Waals surface area contributed by atoms with E-state index in [0.717, 1.165) is 25.7 Å². The molecule has 0 aromatic rings. The van der Waals surface area contributed by atoms with E-state index in [1.165, 1.54) is 0 Å². The smallest absolute Gasteiger partial charge is 0.246 e. The zero-order chi connectivity index (χ0) is 10.1. The number of nitrogens with two attached hydrogens (primary N) is 1. The van der Waals surface area contributed by atoms with Crippen LogP contribution >= 0.6 is 0 Å². The van der Waals surface area contributed by atoms with Crippen molar-refractivity contribution in [1.82, 2.24) is 5.32 Å². The van der Waals surface area contributed by atoms with Crippen LogP contribution in [0.1, 0.15) is 32.6 Å². The number of nitrogens with one attached hydrogen (secondary N) is 1. The van der Waals surface area contributed by atoms with Gasteiger partial charge in [-0.1, -0.05) is 26.3 Å². The van der Waals surface area contributed by atoms with E-state index in [-0.39, 0.29) is 5.91 Å². The van der Waals surface area contributed by atoms with Crippen LogP contribution in [0.15, 0.2) is 12.2 Å². The number of amides is 1. The molecule has 0 atom stereocenters. The van der Waals surface area contributed by atoms with E-state index in [2.05, 4.69) is 18.8 Å². The monoisotopic (exact) mass is 184 g/mol. The van der Waals surface area contributed by atoms with Crippen LogP contribution in [-0.4, -0.2) is 19.0 Å². The Bertz CT molecular complexity index is 166. The lowest BCUT2D eigenvalue weighted by atomic mass is 10.1. The average molecular weight is 184 g/mol. The van der Waals surface area contributed by atoms with Crippen LogP contribution in [-0.2, 0) is 4.79 Å². The van der Waals surface area contributed by atoms with Gasteiger partial charge in [0.25, 0.3) is 0 Å². The zero-order valence-corrected chi connectivity index (χ0v) is 8.44. The van der Waals surface area contributed by atoms with Gasteiger partial charge in [0, 0.05) is 18.7 Å². The Balaban J connectivity index is 3.51. The van der Waals surface area contributed by atoms with Crippen LogP contribution in [0.25, 0.3) is 0 Å². The third-order valence-electron chi connectivity index (χ3n) is 1.83. The number of unbranched alkanes of at least 4 members (excludes halogenated alkanes) is 2. The fourth-order valence-electron chi connectivity index (χ4n) is 1.01. The lowest BCUT2D eigenvalue weighted by molar-refractivity contribution is -0.117. The molecule has 76 valence electrons. The molecule has 0 heterocycles. The van der Waals surface area contributed by atoms with Crippen molar-refractivity contribution in [2.75, 3.05) is 13.1 Å². The van der Waals surface area contributed by atoms with Gasteiger partial charge in [0.15, 0.2) is 0 Å². The summed E-state index contributed by atoms with van der Waals surface area (Å²) in [4.78, 5) is 11.2. The maximum atomic E-state index is 11.2. The molecule has 0 aromatic carbocycles. The Morgan fingerprint density at radius 2 is 2.15 bits per heavy atom. The number of carbonyl (C=O) groups is 1. The molecule has 3 N–H and O–H groups in total. The molecule has 0 rings (SSSR count). The van der Waals surface area contributed by atoms with Gasteiger partial charge in [-0.25, -0.2) is 0 Å². The lowest BCUT2D eigenvalue weighted by Gasteiger charge is -2.05. The van der Waals surface area contributed by atoms with Crippen LogP contribution in [0.2, 0.25) is 0 Å². The van der Waals surface area contributed by atoms with Gasteiger partial charge in [-0.15, -0.1) is 0 Å². The Hall–Kier alpha value is -0.830. The molecule has 3 heteroatoms. The van der Waals surface area contributed by atoms with Crippen LogP contribution in [0, 0.1) is 0 Å². The third kappa shape index (κ3) is 6.34. The molecular formula is C10H20N2O. The highest BCUT2D eigenvalue weighted by Gasteiger charge is 2.04. The summed E-state index contributed by atoms with van der Waals surface area (Å²) in [7, 11) is 0. The first kappa shape index (κ1) is 12.2. The van der Waals surface area contributed by atoms with E-state index >= 15 is 0 Å². The van der Waals surface area contributed by atoms with Gasteiger partial charge in [-0.3, -0.25) is 4.79 Å². The number of hydrogen-bond acceptors (Lipinski definition) is 2. The van der Waals surface area contributed by atoms with E-state index in [1.807, 2.05) is 0 Å². The summed E-state index contributed by atoms with van der Waals surface area (Å²) in [5.74, 6) is -0.0541. The summed E-state index contributed by atoms with van der Waals surface area (Å²) >= 11 is 0. The fourth-order valence-corrected chi connectivity index (χ4v) is 1.01. The van der Waals surface area contributed by atoms with Crippen molar-refractivity contribution in [1.29, 1.82) is 0 Å². The molecule has 0 bridgehead atoms. The molecule has 13 heavy (non-hydrogen) atoms. The topological polar surface area (TPSA) is 55.1 Å². The molecule has 0 fully saturated rings. The molecule has 0 unspecified atom stereocenters. The van der Waals surface area contributed by atoms with Crippen molar-refractivity contribution in [2.24, 2.45) is 5.73 Å². The second kappa shape index (κ2) is 7.80. The van der Waals surface area contributed by atoms with Crippen molar-refractivity contribution in [3.8, 4) is 0 Å². The molecule has 0 spiro atoms. The van der Waals surface area contributed by atoms with E-state index in [1.54, 1.807) is 0 Å². The maximum Gasteiger partial charge on any atom is 0.246 e. The van der Waals surface area contributed by atoms with Crippen LogP contribution in [0.5, 0.6) is 0 Å². The predicted molar refractivity (Wildman–Crippen MR) is 55.3 cm³/mol. The maximum absolute atomic E-state index is 11.2. The van der Waals surface area contributed by atoms with E-state index in [4.69, 9.17) is 5.73 Å². The summed E-state index contributed by atoms with van der Waals surface area (Å²) in [5, 5.41) is 2.70. The van der Waals surface area contributed by atoms with Gasteiger partial charge < -0.3 is 11.1 Å². The number of hydrogen-bond donors (Lipinski definition) is 2.